The van der Waals surface area contributed by atoms with Crippen molar-refractivity contribution in [2.75, 3.05) is 5.32 Å². The molecule has 0 saturated heterocycles. The van der Waals surface area contributed by atoms with Crippen molar-refractivity contribution in [3.63, 3.8) is 0 Å². The van der Waals surface area contributed by atoms with Gasteiger partial charge in [0.25, 0.3) is 5.56 Å². The summed E-state index contributed by atoms with van der Waals surface area (Å²) >= 11 is 0. The van der Waals surface area contributed by atoms with Crippen LogP contribution in [0.3, 0.4) is 0 Å². The van der Waals surface area contributed by atoms with Gasteiger partial charge in [-0.1, -0.05) is 48.9 Å². The predicted molar refractivity (Wildman–Crippen MR) is 129 cm³/mol. The molecule has 170 valence electrons. The maximum Gasteiger partial charge on any atom is 0.332 e. The molecule has 4 rings (SSSR count). The van der Waals surface area contributed by atoms with Crippen LogP contribution < -0.4 is 16.6 Å². The van der Waals surface area contributed by atoms with Gasteiger partial charge in [0, 0.05) is 18.4 Å². The summed E-state index contributed by atoms with van der Waals surface area (Å²) in [6.45, 7) is 6.34. The molecule has 0 spiro atoms. The molecule has 8 heteroatoms. The van der Waals surface area contributed by atoms with Gasteiger partial charge < -0.3 is 5.32 Å². The van der Waals surface area contributed by atoms with Gasteiger partial charge in [0.05, 0.1) is 12.1 Å². The second-order valence-corrected chi connectivity index (χ2v) is 8.06. The van der Waals surface area contributed by atoms with Crippen LogP contribution in [0.1, 0.15) is 30.5 Å². The van der Waals surface area contributed by atoms with Crippen LogP contribution in [0.5, 0.6) is 0 Å². The molecule has 0 aliphatic rings. The molecule has 33 heavy (non-hydrogen) atoms. The Bertz CT molecular complexity index is 1410. The summed E-state index contributed by atoms with van der Waals surface area (Å²) in [4.78, 5) is 39.3. The first kappa shape index (κ1) is 22.3. The smallest absolute Gasteiger partial charge is 0.325 e. The molecule has 0 atom stereocenters. The molecule has 0 aliphatic carbocycles. The molecule has 1 amide bonds. The average molecular weight is 446 g/mol. The van der Waals surface area contributed by atoms with E-state index in [1.165, 1.54) is 10.1 Å². The number of fused-ring (bicyclic) bond motifs is 1. The van der Waals surface area contributed by atoms with Gasteiger partial charge in [-0.3, -0.25) is 23.4 Å². The number of carbonyl (C=O) groups is 1. The number of aromatic nitrogens is 4. The van der Waals surface area contributed by atoms with Crippen LogP contribution in [-0.2, 0) is 30.8 Å². The first-order valence-electron chi connectivity index (χ1n) is 11.0. The molecule has 2 heterocycles. The number of nitrogens with one attached hydrogen (secondary N) is 1. The molecule has 0 unspecified atom stereocenters. The number of benzene rings is 2. The highest BCUT2D eigenvalue weighted by molar-refractivity contribution is 5.91. The lowest BCUT2D eigenvalue weighted by molar-refractivity contribution is -0.116. The van der Waals surface area contributed by atoms with Gasteiger partial charge in [-0.05, 0) is 43.5 Å². The lowest BCUT2D eigenvalue weighted by Gasteiger charge is -2.12. The number of amides is 1. The van der Waals surface area contributed by atoms with Crippen molar-refractivity contribution in [3.05, 3.63) is 92.3 Å². The number of rotatable bonds is 7. The van der Waals surface area contributed by atoms with Crippen LogP contribution in [-0.4, -0.2) is 24.8 Å². The fraction of sp³-hybridized carbons (Fsp3) is 0.280. The lowest BCUT2D eigenvalue weighted by atomic mass is 10.1. The van der Waals surface area contributed by atoms with Gasteiger partial charge in [0.1, 0.15) is 6.54 Å². The largest absolute Gasteiger partial charge is 0.332 e. The second-order valence-electron chi connectivity index (χ2n) is 8.06. The van der Waals surface area contributed by atoms with E-state index in [1.54, 1.807) is 10.9 Å². The second kappa shape index (κ2) is 9.28. The van der Waals surface area contributed by atoms with E-state index in [9.17, 15) is 14.4 Å². The summed E-state index contributed by atoms with van der Waals surface area (Å²) in [5.74, 6) is -0.354. The zero-order valence-corrected chi connectivity index (χ0v) is 19.0. The topological polar surface area (TPSA) is 90.9 Å². The molecule has 0 bridgehead atoms. The van der Waals surface area contributed by atoms with Crippen LogP contribution in [0.4, 0.5) is 5.69 Å². The number of hydrogen-bond acceptors (Lipinski definition) is 4. The maximum absolute atomic E-state index is 13.4. The number of anilines is 1. The maximum atomic E-state index is 13.4. The molecule has 2 aromatic carbocycles. The van der Waals surface area contributed by atoms with E-state index in [2.05, 4.69) is 17.3 Å². The van der Waals surface area contributed by atoms with Gasteiger partial charge in [-0.15, -0.1) is 0 Å². The summed E-state index contributed by atoms with van der Waals surface area (Å²) < 4.78 is 4.06. The van der Waals surface area contributed by atoms with E-state index < -0.39 is 11.2 Å². The molecule has 0 saturated carbocycles. The van der Waals surface area contributed by atoms with Crippen LogP contribution in [0.15, 0.2) is 64.3 Å². The van der Waals surface area contributed by atoms with E-state index in [-0.39, 0.29) is 24.5 Å². The SMILES string of the molecule is CCc1ccc(NC(=O)Cn2c(=O)n(Cc3ccc(C)cc3)c(=O)c3nn(CC)cc32)cc1. The Balaban J connectivity index is 1.73. The number of nitrogens with zero attached hydrogens (tertiary/aromatic N) is 4. The van der Waals surface area contributed by atoms with Crippen molar-refractivity contribution in [1.29, 1.82) is 0 Å². The van der Waals surface area contributed by atoms with Crippen molar-refractivity contribution >= 4 is 22.6 Å². The van der Waals surface area contributed by atoms with Gasteiger partial charge in [0.2, 0.25) is 5.91 Å². The van der Waals surface area contributed by atoms with Crippen molar-refractivity contribution in [2.45, 2.75) is 46.8 Å². The van der Waals surface area contributed by atoms with Gasteiger partial charge in [-0.2, -0.15) is 5.10 Å². The van der Waals surface area contributed by atoms with Crippen LogP contribution >= 0.6 is 0 Å². The van der Waals surface area contributed by atoms with Crippen LogP contribution in [0.2, 0.25) is 0 Å². The fourth-order valence-electron chi connectivity index (χ4n) is 3.72. The Morgan fingerprint density at radius 1 is 0.939 bits per heavy atom. The molecule has 0 radical (unpaired) electrons. The molecule has 1 N–H and O–H groups in total. The Hall–Kier alpha value is -3.94. The van der Waals surface area contributed by atoms with Crippen molar-refractivity contribution in [1.82, 2.24) is 18.9 Å². The molecular weight excluding hydrogens is 418 g/mol. The van der Waals surface area contributed by atoms with Crippen molar-refractivity contribution in [2.24, 2.45) is 0 Å². The standard InChI is InChI=1S/C25H27N5O3/c1-4-18-10-12-20(13-11-18)26-22(31)16-29-21-15-28(5-2)27-23(21)24(32)30(25(29)33)14-19-8-6-17(3)7-9-19/h6-13,15H,4-5,14,16H2,1-3H3,(H,26,31). The van der Waals surface area contributed by atoms with Gasteiger partial charge in [0.15, 0.2) is 5.52 Å². The minimum absolute atomic E-state index is 0.104. The monoisotopic (exact) mass is 445 g/mol. The normalized spacial score (nSPS) is 11.1. The minimum atomic E-state index is -0.541. The fourth-order valence-corrected chi connectivity index (χ4v) is 3.72. The number of hydrogen-bond donors (Lipinski definition) is 1. The van der Waals surface area contributed by atoms with E-state index >= 15 is 0 Å². The first-order chi connectivity index (χ1) is 15.9. The third kappa shape index (κ3) is 4.64. The number of carbonyl (C=O) groups excluding carboxylic acids is 1. The Morgan fingerprint density at radius 3 is 2.24 bits per heavy atom. The zero-order valence-electron chi connectivity index (χ0n) is 19.0. The lowest BCUT2D eigenvalue weighted by Crippen LogP contribution is -2.41. The molecule has 0 fully saturated rings. The summed E-state index contributed by atoms with van der Waals surface area (Å²) in [5.41, 5.74) is 3.24. The number of aryl methyl sites for hydroxylation is 3. The Morgan fingerprint density at radius 2 is 1.61 bits per heavy atom. The summed E-state index contributed by atoms with van der Waals surface area (Å²) in [7, 11) is 0. The molecule has 8 nitrogen and oxygen atoms in total. The van der Waals surface area contributed by atoms with E-state index in [0.29, 0.717) is 17.7 Å². The minimum Gasteiger partial charge on any atom is -0.325 e. The van der Waals surface area contributed by atoms with Crippen molar-refractivity contribution in [3.8, 4) is 0 Å². The third-order valence-corrected chi connectivity index (χ3v) is 5.68. The zero-order chi connectivity index (χ0) is 23.5. The Kier molecular flexibility index (Phi) is 6.26. The average Bonchev–Trinajstić information content (AvgIpc) is 3.26. The molecule has 0 aliphatic heterocycles. The summed E-state index contributed by atoms with van der Waals surface area (Å²) in [5, 5.41) is 7.18. The predicted octanol–water partition coefficient (Wildman–Crippen LogP) is 2.94. The van der Waals surface area contributed by atoms with Crippen molar-refractivity contribution < 1.29 is 4.79 Å². The third-order valence-electron chi connectivity index (χ3n) is 5.68. The van der Waals surface area contributed by atoms with Crippen LogP contribution in [0.25, 0.3) is 11.0 Å². The highest BCUT2D eigenvalue weighted by Crippen LogP contribution is 2.12. The quantitative estimate of drug-likeness (QED) is 0.474. The molecule has 4 aromatic rings. The Labute approximate surface area is 191 Å². The van der Waals surface area contributed by atoms with Crippen LogP contribution in [0, 0.1) is 6.92 Å². The highest BCUT2D eigenvalue weighted by atomic mass is 16.2. The van der Waals surface area contributed by atoms with Gasteiger partial charge in [-0.25, -0.2) is 4.79 Å². The van der Waals surface area contributed by atoms with E-state index in [1.807, 2.05) is 62.4 Å². The summed E-state index contributed by atoms with van der Waals surface area (Å²) in [6.07, 6.45) is 2.54. The first-order valence-corrected chi connectivity index (χ1v) is 11.0. The van der Waals surface area contributed by atoms with Gasteiger partial charge >= 0.3 is 5.69 Å². The summed E-state index contributed by atoms with van der Waals surface area (Å²) in [6, 6.07) is 15.2. The van der Waals surface area contributed by atoms with E-state index in [0.717, 1.165) is 22.1 Å². The highest BCUT2D eigenvalue weighted by Gasteiger charge is 2.19. The molecule has 2 aromatic heterocycles. The molecular formula is C25H27N5O3. The van der Waals surface area contributed by atoms with E-state index in [4.69, 9.17) is 0 Å².